The van der Waals surface area contributed by atoms with Crippen LogP contribution in [0.3, 0.4) is 0 Å². The highest BCUT2D eigenvalue weighted by atomic mass is 16.2. The third kappa shape index (κ3) is 3.35. The lowest BCUT2D eigenvalue weighted by Gasteiger charge is -2.06. The molecule has 0 aromatic carbocycles. The number of aromatic amines is 1. The van der Waals surface area contributed by atoms with Crippen molar-refractivity contribution < 1.29 is 0 Å². The van der Waals surface area contributed by atoms with Crippen molar-refractivity contribution >= 4 is 23.3 Å². The number of hydrazone groups is 1. The number of aryl methyl sites for hydroxylation is 2. The molecule has 0 fully saturated rings. The second-order valence-corrected chi connectivity index (χ2v) is 5.59. The van der Waals surface area contributed by atoms with Gasteiger partial charge in [0.05, 0.1) is 6.21 Å². The molecule has 0 bridgehead atoms. The Morgan fingerprint density at radius 2 is 2.24 bits per heavy atom. The Kier molecular flexibility index (Phi) is 4.73. The number of hydrogen-bond acceptors (Lipinski definition) is 6. The van der Waals surface area contributed by atoms with Gasteiger partial charge >= 0.3 is 5.69 Å². The van der Waals surface area contributed by atoms with E-state index in [2.05, 4.69) is 32.4 Å². The van der Waals surface area contributed by atoms with Crippen molar-refractivity contribution in [1.82, 2.24) is 24.1 Å². The smallest absolute Gasteiger partial charge is 0.303 e. The number of anilines is 1. The van der Waals surface area contributed by atoms with Crippen LogP contribution in [0.25, 0.3) is 11.2 Å². The topological polar surface area (TPSA) is 110 Å². The van der Waals surface area contributed by atoms with Gasteiger partial charge in [0.25, 0.3) is 5.56 Å². The molecule has 3 aromatic heterocycles. The molecule has 9 heteroatoms. The monoisotopic (exact) mass is 341 g/mol. The summed E-state index contributed by atoms with van der Waals surface area (Å²) in [5, 5.41) is 4.16. The van der Waals surface area contributed by atoms with Gasteiger partial charge in [0.15, 0.2) is 11.2 Å². The molecule has 0 aliphatic heterocycles. The van der Waals surface area contributed by atoms with E-state index in [4.69, 9.17) is 0 Å². The molecular weight excluding hydrogens is 322 g/mol. The van der Waals surface area contributed by atoms with Crippen LogP contribution in [0.15, 0.2) is 39.2 Å². The fourth-order valence-electron chi connectivity index (χ4n) is 2.47. The normalized spacial score (nSPS) is 11.4. The predicted molar refractivity (Wildman–Crippen MR) is 96.0 cm³/mol. The molecular formula is C16H19N7O2. The number of hydrogen-bond donors (Lipinski definition) is 2. The van der Waals surface area contributed by atoms with Crippen LogP contribution in [0.2, 0.25) is 0 Å². The number of rotatable bonds is 6. The van der Waals surface area contributed by atoms with Gasteiger partial charge in [-0.15, -0.1) is 0 Å². The molecule has 0 amide bonds. The van der Waals surface area contributed by atoms with Crippen molar-refractivity contribution in [2.45, 2.75) is 26.3 Å². The maximum absolute atomic E-state index is 12.2. The number of H-pyrrole nitrogens is 1. The summed E-state index contributed by atoms with van der Waals surface area (Å²) in [6.07, 6.45) is 6.80. The average Bonchev–Trinajstić information content (AvgIpc) is 2.98. The van der Waals surface area contributed by atoms with Gasteiger partial charge in [0.2, 0.25) is 5.95 Å². The summed E-state index contributed by atoms with van der Waals surface area (Å²) in [7, 11) is 1.57. The lowest BCUT2D eigenvalue weighted by Crippen LogP contribution is -2.29. The van der Waals surface area contributed by atoms with Crippen LogP contribution >= 0.6 is 0 Å². The van der Waals surface area contributed by atoms with E-state index in [9.17, 15) is 9.59 Å². The zero-order valence-electron chi connectivity index (χ0n) is 14.1. The van der Waals surface area contributed by atoms with Crippen LogP contribution in [0.5, 0.6) is 0 Å². The fourth-order valence-corrected chi connectivity index (χ4v) is 2.47. The SMILES string of the molecule is CCCCn1c(N/N=C\c2cccnc2)nc2c1c(=O)[nH]c(=O)n2C. The molecule has 3 aromatic rings. The van der Waals surface area contributed by atoms with Crippen LogP contribution < -0.4 is 16.7 Å². The summed E-state index contributed by atoms with van der Waals surface area (Å²) in [4.78, 5) is 34.7. The summed E-state index contributed by atoms with van der Waals surface area (Å²) in [6, 6.07) is 3.68. The van der Waals surface area contributed by atoms with Crippen LogP contribution in [0.4, 0.5) is 5.95 Å². The van der Waals surface area contributed by atoms with Gasteiger partial charge in [0, 0.05) is 31.5 Å². The Morgan fingerprint density at radius 3 is 2.96 bits per heavy atom. The minimum atomic E-state index is -0.497. The van der Waals surface area contributed by atoms with E-state index in [0.29, 0.717) is 23.7 Å². The first-order valence-electron chi connectivity index (χ1n) is 8.00. The number of pyridine rings is 1. The number of aromatic nitrogens is 5. The number of unbranched alkanes of at least 4 members (excludes halogenated alkanes) is 1. The summed E-state index contributed by atoms with van der Waals surface area (Å²) < 4.78 is 3.06. The molecule has 0 unspecified atom stereocenters. The Bertz CT molecular complexity index is 1010. The minimum absolute atomic E-state index is 0.323. The zero-order chi connectivity index (χ0) is 17.8. The van der Waals surface area contributed by atoms with E-state index >= 15 is 0 Å². The first kappa shape index (κ1) is 16.6. The van der Waals surface area contributed by atoms with Gasteiger partial charge in [0.1, 0.15) is 0 Å². The van der Waals surface area contributed by atoms with Crippen molar-refractivity contribution in [2.24, 2.45) is 12.1 Å². The minimum Gasteiger partial charge on any atom is -0.303 e. The van der Waals surface area contributed by atoms with Gasteiger partial charge in [-0.2, -0.15) is 10.1 Å². The summed E-state index contributed by atoms with van der Waals surface area (Å²) in [6.45, 7) is 2.66. The summed E-state index contributed by atoms with van der Waals surface area (Å²) in [5.74, 6) is 0.412. The first-order chi connectivity index (χ1) is 12.1. The number of imidazole rings is 1. The molecule has 25 heavy (non-hydrogen) atoms. The van der Waals surface area contributed by atoms with E-state index in [1.54, 1.807) is 30.2 Å². The molecule has 130 valence electrons. The third-order valence-corrected chi connectivity index (χ3v) is 3.80. The van der Waals surface area contributed by atoms with Crippen molar-refractivity contribution in [2.75, 3.05) is 5.43 Å². The lowest BCUT2D eigenvalue weighted by atomic mass is 10.3. The second kappa shape index (κ2) is 7.12. The van der Waals surface area contributed by atoms with Crippen molar-refractivity contribution in [3.8, 4) is 0 Å². The van der Waals surface area contributed by atoms with Crippen molar-refractivity contribution in [3.63, 3.8) is 0 Å². The second-order valence-electron chi connectivity index (χ2n) is 5.59. The number of nitrogens with zero attached hydrogens (tertiary/aromatic N) is 5. The van der Waals surface area contributed by atoms with E-state index in [0.717, 1.165) is 18.4 Å². The maximum Gasteiger partial charge on any atom is 0.329 e. The van der Waals surface area contributed by atoms with Crippen molar-refractivity contribution in [1.29, 1.82) is 0 Å². The van der Waals surface area contributed by atoms with Gasteiger partial charge in [-0.25, -0.2) is 10.2 Å². The molecule has 3 rings (SSSR count). The predicted octanol–water partition coefficient (Wildman–Crippen LogP) is 1.06. The standard InChI is InChI=1S/C16H19N7O2/c1-3-4-8-23-12-13(22(2)16(25)20-14(12)24)19-15(23)21-18-10-11-6-5-7-17-9-11/h5-7,9-10H,3-4,8H2,1-2H3,(H,19,21)(H,20,24,25)/b18-10-. The lowest BCUT2D eigenvalue weighted by molar-refractivity contribution is 0.647. The van der Waals surface area contributed by atoms with Crippen molar-refractivity contribution in [3.05, 3.63) is 50.9 Å². The highest BCUT2D eigenvalue weighted by Crippen LogP contribution is 2.16. The van der Waals surface area contributed by atoms with Gasteiger partial charge in [-0.05, 0) is 12.5 Å². The highest BCUT2D eigenvalue weighted by Gasteiger charge is 2.16. The fraction of sp³-hybridized carbons (Fsp3) is 0.312. The Labute approximate surface area is 143 Å². The van der Waals surface area contributed by atoms with Gasteiger partial charge < -0.3 is 4.57 Å². The number of nitrogens with one attached hydrogen (secondary N) is 2. The zero-order valence-corrected chi connectivity index (χ0v) is 14.1. The maximum atomic E-state index is 12.2. The molecule has 0 radical (unpaired) electrons. The molecule has 0 spiro atoms. The third-order valence-electron chi connectivity index (χ3n) is 3.80. The van der Waals surface area contributed by atoms with Crippen LogP contribution in [-0.4, -0.2) is 30.3 Å². The van der Waals surface area contributed by atoms with Crippen LogP contribution in [0.1, 0.15) is 25.3 Å². The van der Waals surface area contributed by atoms with E-state index < -0.39 is 11.2 Å². The van der Waals surface area contributed by atoms with Gasteiger partial charge in [-0.1, -0.05) is 19.4 Å². The molecule has 0 saturated heterocycles. The Hall–Kier alpha value is -3.23. The highest BCUT2D eigenvalue weighted by molar-refractivity contribution is 5.80. The quantitative estimate of drug-likeness (QED) is 0.515. The Balaban J connectivity index is 2.03. The summed E-state index contributed by atoms with van der Waals surface area (Å²) in [5.41, 5.74) is 3.42. The molecule has 0 saturated carbocycles. The number of fused-ring (bicyclic) bond motifs is 1. The van der Waals surface area contributed by atoms with Gasteiger partial charge in [-0.3, -0.25) is 19.3 Å². The van der Waals surface area contributed by atoms with E-state index in [1.165, 1.54) is 4.57 Å². The van der Waals surface area contributed by atoms with E-state index in [-0.39, 0.29) is 0 Å². The molecule has 0 aliphatic rings. The summed E-state index contributed by atoms with van der Waals surface area (Å²) >= 11 is 0. The molecule has 0 atom stereocenters. The largest absolute Gasteiger partial charge is 0.329 e. The van der Waals surface area contributed by atoms with Crippen LogP contribution in [-0.2, 0) is 13.6 Å². The molecule has 2 N–H and O–H groups in total. The van der Waals surface area contributed by atoms with Crippen LogP contribution in [0, 0.1) is 0 Å². The van der Waals surface area contributed by atoms with E-state index in [1.807, 2.05) is 12.1 Å². The Morgan fingerprint density at radius 1 is 1.40 bits per heavy atom. The molecule has 9 nitrogen and oxygen atoms in total. The average molecular weight is 341 g/mol. The first-order valence-corrected chi connectivity index (χ1v) is 8.00. The molecule has 3 heterocycles. The molecule has 0 aliphatic carbocycles.